The van der Waals surface area contributed by atoms with E-state index in [4.69, 9.17) is 4.74 Å². The summed E-state index contributed by atoms with van der Waals surface area (Å²) in [6.45, 7) is 3.22. The number of benzene rings is 1. The minimum absolute atomic E-state index is 0.129. The molecule has 1 aromatic rings. The van der Waals surface area contributed by atoms with E-state index in [1.165, 1.54) is 0 Å². The van der Waals surface area contributed by atoms with Crippen molar-refractivity contribution in [2.45, 2.75) is 52.1 Å². The van der Waals surface area contributed by atoms with Crippen molar-refractivity contribution in [2.24, 2.45) is 10.8 Å². The fourth-order valence-electron chi connectivity index (χ4n) is 3.93. The summed E-state index contributed by atoms with van der Waals surface area (Å²) in [6, 6.07) is 8.79. The molecular formula is C19H22O4. The van der Waals surface area contributed by atoms with E-state index in [9.17, 15) is 14.4 Å². The van der Waals surface area contributed by atoms with Crippen LogP contribution in [0.5, 0.6) is 0 Å². The average molecular weight is 314 g/mol. The van der Waals surface area contributed by atoms with Gasteiger partial charge in [0.05, 0.1) is 5.41 Å². The van der Waals surface area contributed by atoms with E-state index < -0.39 is 22.9 Å². The van der Waals surface area contributed by atoms with Crippen molar-refractivity contribution < 1.29 is 19.1 Å². The van der Waals surface area contributed by atoms with Gasteiger partial charge in [-0.2, -0.15) is 0 Å². The predicted molar refractivity (Wildman–Crippen MR) is 85.0 cm³/mol. The lowest BCUT2D eigenvalue weighted by atomic mass is 9.59. The number of esters is 1. The number of hydrogen-bond donors (Lipinski definition) is 0. The highest BCUT2D eigenvalue weighted by Gasteiger charge is 2.61. The van der Waals surface area contributed by atoms with E-state index in [0.29, 0.717) is 18.4 Å². The summed E-state index contributed by atoms with van der Waals surface area (Å²) in [5.74, 6) is -0.979. The van der Waals surface area contributed by atoms with Crippen LogP contribution in [0.4, 0.5) is 0 Å². The van der Waals surface area contributed by atoms with Crippen molar-refractivity contribution in [3.05, 3.63) is 35.9 Å². The first-order valence-corrected chi connectivity index (χ1v) is 8.25. The van der Waals surface area contributed by atoms with E-state index in [0.717, 1.165) is 19.3 Å². The summed E-state index contributed by atoms with van der Waals surface area (Å²) < 4.78 is 5.57. The Bertz CT molecular complexity index is 639. The molecule has 1 spiro atoms. The molecule has 2 fully saturated rings. The van der Waals surface area contributed by atoms with Gasteiger partial charge in [0.2, 0.25) is 5.78 Å². The Kier molecular flexibility index (Phi) is 3.86. The third-order valence-corrected chi connectivity index (χ3v) is 5.30. The molecule has 1 aromatic carbocycles. The normalized spacial score (nSPS) is 25.9. The zero-order valence-corrected chi connectivity index (χ0v) is 13.6. The Balaban J connectivity index is 2.04. The second-order valence-electron chi connectivity index (χ2n) is 7.19. The molecule has 2 aliphatic rings. The monoisotopic (exact) mass is 314 g/mol. The summed E-state index contributed by atoms with van der Waals surface area (Å²) in [5, 5.41) is 0. The molecule has 4 heteroatoms. The Morgan fingerprint density at radius 2 is 1.65 bits per heavy atom. The lowest BCUT2D eigenvalue weighted by Crippen LogP contribution is -2.61. The zero-order chi connectivity index (χ0) is 16.7. The molecule has 0 bridgehead atoms. The van der Waals surface area contributed by atoms with Crippen LogP contribution in [0.3, 0.4) is 0 Å². The second-order valence-corrected chi connectivity index (χ2v) is 7.19. The molecule has 0 radical (unpaired) electrons. The van der Waals surface area contributed by atoms with Crippen molar-refractivity contribution >= 4 is 17.5 Å². The number of carbonyl (C=O) groups is 3. The van der Waals surface area contributed by atoms with Crippen molar-refractivity contribution in [2.75, 3.05) is 0 Å². The molecule has 0 aromatic heterocycles. The molecule has 4 nitrogen and oxygen atoms in total. The van der Waals surface area contributed by atoms with Crippen LogP contribution in [0.1, 0.15) is 56.3 Å². The van der Waals surface area contributed by atoms with Crippen LogP contribution in [0.2, 0.25) is 0 Å². The highest BCUT2D eigenvalue weighted by atomic mass is 16.6. The summed E-state index contributed by atoms with van der Waals surface area (Å²) >= 11 is 0. The van der Waals surface area contributed by atoms with Gasteiger partial charge in [-0.15, -0.1) is 0 Å². The standard InChI is InChI=1S/C19H22O4/c1-18(2)16(21)19(11-7-4-8-12-19)15(23-17(18)22)14(20)13-9-5-3-6-10-13/h3,5-6,9-10,15H,4,7-8,11-12H2,1-2H3/t15-/m1/s1. The van der Waals surface area contributed by atoms with Gasteiger partial charge in [-0.1, -0.05) is 49.6 Å². The minimum atomic E-state index is -1.18. The molecular weight excluding hydrogens is 292 g/mol. The van der Waals surface area contributed by atoms with Crippen LogP contribution in [0.25, 0.3) is 0 Å². The molecule has 1 saturated heterocycles. The van der Waals surface area contributed by atoms with E-state index >= 15 is 0 Å². The minimum Gasteiger partial charge on any atom is -0.452 e. The summed E-state index contributed by atoms with van der Waals surface area (Å²) in [7, 11) is 0. The van der Waals surface area contributed by atoms with Gasteiger partial charge in [-0.05, 0) is 26.7 Å². The number of cyclic esters (lactones) is 1. The number of hydrogen-bond acceptors (Lipinski definition) is 4. The van der Waals surface area contributed by atoms with Crippen LogP contribution in [-0.4, -0.2) is 23.6 Å². The van der Waals surface area contributed by atoms with Gasteiger partial charge >= 0.3 is 5.97 Å². The quantitative estimate of drug-likeness (QED) is 0.477. The smallest absolute Gasteiger partial charge is 0.319 e. The maximum atomic E-state index is 13.1. The van der Waals surface area contributed by atoms with Crippen molar-refractivity contribution in [1.82, 2.24) is 0 Å². The highest BCUT2D eigenvalue weighted by molar-refractivity contribution is 6.13. The lowest BCUT2D eigenvalue weighted by Gasteiger charge is -2.48. The summed E-state index contributed by atoms with van der Waals surface area (Å²) in [6.07, 6.45) is 3.07. The van der Waals surface area contributed by atoms with Crippen LogP contribution in [0, 0.1) is 10.8 Å². The van der Waals surface area contributed by atoms with Crippen LogP contribution < -0.4 is 0 Å². The molecule has 1 aliphatic heterocycles. The molecule has 1 saturated carbocycles. The number of ether oxygens (including phenoxy) is 1. The summed E-state index contributed by atoms with van der Waals surface area (Å²) in [5.41, 5.74) is -1.55. The average Bonchev–Trinajstić information content (AvgIpc) is 2.58. The Hall–Kier alpha value is -1.97. The van der Waals surface area contributed by atoms with Crippen LogP contribution in [0.15, 0.2) is 30.3 Å². The SMILES string of the molecule is CC1(C)C(=O)O[C@H](C(=O)c2ccccc2)C2(CCCCC2)C1=O. The molecule has 23 heavy (non-hydrogen) atoms. The molecule has 122 valence electrons. The van der Waals surface area contributed by atoms with E-state index in [-0.39, 0.29) is 11.6 Å². The fraction of sp³-hybridized carbons (Fsp3) is 0.526. The van der Waals surface area contributed by atoms with Gasteiger partial charge in [0.15, 0.2) is 11.9 Å². The predicted octanol–water partition coefficient (Wildman–Crippen LogP) is 3.34. The molecule has 0 unspecified atom stereocenters. The topological polar surface area (TPSA) is 60.4 Å². The van der Waals surface area contributed by atoms with Gasteiger partial charge in [0, 0.05) is 5.56 Å². The van der Waals surface area contributed by atoms with Gasteiger partial charge in [-0.3, -0.25) is 14.4 Å². The zero-order valence-electron chi connectivity index (χ0n) is 13.6. The number of carbonyl (C=O) groups excluding carboxylic acids is 3. The van der Waals surface area contributed by atoms with Crippen molar-refractivity contribution in [3.63, 3.8) is 0 Å². The van der Waals surface area contributed by atoms with Gasteiger partial charge in [0.1, 0.15) is 5.41 Å². The van der Waals surface area contributed by atoms with Gasteiger partial charge < -0.3 is 4.74 Å². The maximum Gasteiger partial charge on any atom is 0.319 e. The molecule has 1 aliphatic carbocycles. The largest absolute Gasteiger partial charge is 0.452 e. The van der Waals surface area contributed by atoms with E-state index in [1.54, 1.807) is 38.1 Å². The van der Waals surface area contributed by atoms with Crippen molar-refractivity contribution in [3.8, 4) is 0 Å². The Labute approximate surface area is 136 Å². The Morgan fingerprint density at radius 3 is 2.26 bits per heavy atom. The molecule has 1 heterocycles. The van der Waals surface area contributed by atoms with Crippen LogP contribution >= 0.6 is 0 Å². The second kappa shape index (κ2) is 5.59. The first-order valence-electron chi connectivity index (χ1n) is 8.25. The van der Waals surface area contributed by atoms with Crippen molar-refractivity contribution in [1.29, 1.82) is 0 Å². The number of rotatable bonds is 2. The highest BCUT2D eigenvalue weighted by Crippen LogP contribution is 2.50. The first-order chi connectivity index (χ1) is 10.9. The third kappa shape index (κ3) is 2.41. The Morgan fingerprint density at radius 1 is 1.04 bits per heavy atom. The lowest BCUT2D eigenvalue weighted by molar-refractivity contribution is -0.186. The maximum absolute atomic E-state index is 13.1. The summed E-state index contributed by atoms with van der Waals surface area (Å²) in [4.78, 5) is 38.4. The van der Waals surface area contributed by atoms with E-state index in [2.05, 4.69) is 0 Å². The number of ketones is 2. The molecule has 1 atom stereocenters. The fourth-order valence-corrected chi connectivity index (χ4v) is 3.93. The third-order valence-electron chi connectivity index (χ3n) is 5.30. The first kappa shape index (κ1) is 15.9. The molecule has 3 rings (SSSR count). The van der Waals surface area contributed by atoms with Gasteiger partial charge in [0.25, 0.3) is 0 Å². The van der Waals surface area contributed by atoms with Crippen LogP contribution in [-0.2, 0) is 14.3 Å². The van der Waals surface area contributed by atoms with E-state index in [1.807, 2.05) is 6.07 Å². The molecule has 0 amide bonds. The molecule has 0 N–H and O–H groups in total. The van der Waals surface area contributed by atoms with Gasteiger partial charge in [-0.25, -0.2) is 0 Å². The number of Topliss-reactive ketones (excluding diaryl/α,β-unsaturated/α-hetero) is 2.